The van der Waals surface area contributed by atoms with Gasteiger partial charge in [0, 0.05) is 0 Å². The number of rotatable bonds is 7. The van der Waals surface area contributed by atoms with Crippen LogP contribution in [0.4, 0.5) is 0 Å². The first kappa shape index (κ1) is 21.3. The zero-order valence-corrected chi connectivity index (χ0v) is 19.9. The molecule has 0 aliphatic carbocycles. The lowest BCUT2D eigenvalue weighted by Gasteiger charge is -2.48. The van der Waals surface area contributed by atoms with Crippen LogP contribution in [0.1, 0.15) is 5.56 Å². The Kier molecular flexibility index (Phi) is 6.83. The van der Waals surface area contributed by atoms with Crippen molar-refractivity contribution in [2.24, 2.45) is 0 Å². The van der Waals surface area contributed by atoms with Gasteiger partial charge in [-0.15, -0.1) is 0 Å². The third kappa shape index (κ3) is 6.66. The second kappa shape index (κ2) is 7.68. The summed E-state index contributed by atoms with van der Waals surface area (Å²) in [6.07, 6.45) is 0.735. The number of nitrogens with zero attached hydrogens (tertiary/aromatic N) is 1. The van der Waals surface area contributed by atoms with Gasteiger partial charge in [0.15, 0.2) is 0 Å². The Morgan fingerprint density at radius 2 is 1.38 bits per heavy atom. The fourth-order valence-corrected chi connectivity index (χ4v) is 14.5. The van der Waals surface area contributed by atoms with E-state index in [9.17, 15) is 4.79 Å². The van der Waals surface area contributed by atoms with Gasteiger partial charge in [0.05, 0.1) is 6.04 Å². The fraction of sp³-hybridized carbons (Fsp3) is 0.611. The molecule has 1 unspecified atom stereocenters. The van der Waals surface area contributed by atoms with E-state index in [-0.39, 0.29) is 12.0 Å². The molecule has 1 atom stereocenters. The number of carbonyl (C=O) groups excluding carboxylic acids is 1. The molecule has 1 rings (SSSR count). The van der Waals surface area contributed by atoms with Crippen molar-refractivity contribution in [3.63, 3.8) is 0 Å². The molecule has 0 aliphatic rings. The Morgan fingerprint density at radius 3 is 1.75 bits per heavy atom. The average molecular weight is 382 g/mol. The molecular formula is C18H35NO2Si3. The van der Waals surface area contributed by atoms with Crippen molar-refractivity contribution in [1.29, 1.82) is 0 Å². The second-order valence-electron chi connectivity index (χ2n) is 9.45. The Balaban J connectivity index is 3.27. The molecule has 0 fully saturated rings. The topological polar surface area (TPSA) is 29.5 Å². The van der Waals surface area contributed by atoms with Crippen molar-refractivity contribution in [3.8, 4) is 0 Å². The standard InChI is InChI=1S/C18H35NO2Si3/c1-22(2,3)19(23(4,5)6)17(18(20)21-24(7,8)9)15-16-13-11-10-12-14-16/h10-14,17H,15H2,1-9H3. The van der Waals surface area contributed by atoms with E-state index >= 15 is 0 Å². The van der Waals surface area contributed by atoms with Crippen LogP contribution >= 0.6 is 0 Å². The number of hydrogen-bond donors (Lipinski definition) is 0. The summed E-state index contributed by atoms with van der Waals surface area (Å²) in [5.74, 6) is -0.0251. The van der Waals surface area contributed by atoms with Crippen LogP contribution < -0.4 is 0 Å². The minimum absolute atomic E-state index is 0.0251. The third-order valence-electron chi connectivity index (χ3n) is 3.71. The summed E-state index contributed by atoms with van der Waals surface area (Å²) in [7, 11) is -5.24. The van der Waals surface area contributed by atoms with E-state index in [1.165, 1.54) is 5.56 Å². The molecule has 0 amide bonds. The van der Waals surface area contributed by atoms with Crippen LogP contribution in [0.25, 0.3) is 0 Å². The molecule has 0 aliphatic heterocycles. The van der Waals surface area contributed by atoms with E-state index in [2.05, 4.69) is 75.3 Å². The summed E-state index contributed by atoms with van der Waals surface area (Å²) < 4.78 is 8.52. The lowest BCUT2D eigenvalue weighted by Crippen LogP contribution is -2.66. The van der Waals surface area contributed by atoms with Crippen LogP contribution in [-0.2, 0) is 15.6 Å². The first-order valence-corrected chi connectivity index (χ1v) is 19.1. The van der Waals surface area contributed by atoms with E-state index in [1.54, 1.807) is 0 Å². The predicted octanol–water partition coefficient (Wildman–Crippen LogP) is 4.95. The Morgan fingerprint density at radius 1 is 0.917 bits per heavy atom. The molecule has 3 nitrogen and oxygen atoms in total. The molecule has 0 bridgehead atoms. The molecule has 1 aromatic rings. The molecule has 0 saturated carbocycles. The molecule has 0 N–H and O–H groups in total. The van der Waals surface area contributed by atoms with Crippen LogP contribution in [0.2, 0.25) is 58.9 Å². The third-order valence-corrected chi connectivity index (χ3v) is 12.1. The van der Waals surface area contributed by atoms with Crippen molar-refractivity contribution >= 4 is 30.8 Å². The summed E-state index contributed by atoms with van der Waals surface area (Å²) in [5.41, 5.74) is 1.21. The quantitative estimate of drug-likeness (QED) is 0.626. The highest BCUT2D eigenvalue weighted by atomic mass is 28.4. The first-order chi connectivity index (χ1) is 10.7. The van der Waals surface area contributed by atoms with Crippen LogP contribution in [0.3, 0.4) is 0 Å². The number of hydrogen-bond acceptors (Lipinski definition) is 3. The van der Waals surface area contributed by atoms with Gasteiger partial charge in [-0.2, -0.15) is 0 Å². The maximum Gasteiger partial charge on any atom is 0.309 e. The van der Waals surface area contributed by atoms with Gasteiger partial charge in [0.25, 0.3) is 0 Å². The SMILES string of the molecule is C[Si](C)(C)OC(=O)C(Cc1ccccc1)N([Si](C)(C)C)[Si](C)(C)C. The Hall–Kier alpha value is -0.699. The van der Waals surface area contributed by atoms with Gasteiger partial charge in [-0.1, -0.05) is 69.6 Å². The molecule has 0 saturated heterocycles. The normalized spacial score (nSPS) is 14.6. The van der Waals surface area contributed by atoms with Gasteiger partial charge >= 0.3 is 5.97 Å². The van der Waals surface area contributed by atoms with E-state index in [1.807, 2.05) is 18.2 Å². The minimum atomic E-state index is -1.91. The largest absolute Gasteiger partial charge is 0.519 e. The van der Waals surface area contributed by atoms with Gasteiger partial charge < -0.3 is 8.66 Å². The van der Waals surface area contributed by atoms with E-state index in [4.69, 9.17) is 4.43 Å². The highest BCUT2D eigenvalue weighted by molar-refractivity contribution is 6.89. The van der Waals surface area contributed by atoms with Crippen molar-refractivity contribution < 1.29 is 9.22 Å². The maximum absolute atomic E-state index is 13.1. The monoisotopic (exact) mass is 381 g/mol. The van der Waals surface area contributed by atoms with Crippen molar-refractivity contribution in [3.05, 3.63) is 35.9 Å². The zero-order chi connectivity index (χ0) is 18.8. The smallest absolute Gasteiger partial charge is 0.309 e. The number of benzene rings is 1. The summed E-state index contributed by atoms with van der Waals surface area (Å²) in [5, 5.41) is 0. The zero-order valence-electron chi connectivity index (χ0n) is 16.9. The summed E-state index contributed by atoms with van der Waals surface area (Å²) in [6.45, 7) is 20.3. The van der Waals surface area contributed by atoms with Gasteiger partial charge in [-0.25, -0.2) is 0 Å². The average Bonchev–Trinajstić information content (AvgIpc) is 2.33. The molecule has 136 valence electrons. The van der Waals surface area contributed by atoms with Gasteiger partial charge in [0.1, 0.15) is 16.5 Å². The maximum atomic E-state index is 13.1. The van der Waals surface area contributed by atoms with E-state index in [0.29, 0.717) is 0 Å². The summed E-state index contributed by atoms with van der Waals surface area (Å²) in [6, 6.07) is 10.2. The fourth-order valence-electron chi connectivity index (χ4n) is 3.43. The molecule has 0 heterocycles. The Bertz CT molecular complexity index is 528. The molecule has 24 heavy (non-hydrogen) atoms. The van der Waals surface area contributed by atoms with E-state index < -0.39 is 24.8 Å². The molecule has 0 radical (unpaired) electrons. The molecule has 0 aromatic heterocycles. The lowest BCUT2D eigenvalue weighted by molar-refractivity contribution is -0.138. The highest BCUT2D eigenvalue weighted by Gasteiger charge is 2.43. The van der Waals surface area contributed by atoms with Crippen molar-refractivity contribution in [1.82, 2.24) is 4.23 Å². The van der Waals surface area contributed by atoms with Crippen LogP contribution in [0.15, 0.2) is 30.3 Å². The van der Waals surface area contributed by atoms with Gasteiger partial charge in [-0.3, -0.25) is 4.79 Å². The Labute approximate surface area is 151 Å². The van der Waals surface area contributed by atoms with E-state index in [0.717, 1.165) is 6.42 Å². The second-order valence-corrected chi connectivity index (χ2v) is 24.0. The predicted molar refractivity (Wildman–Crippen MR) is 112 cm³/mol. The van der Waals surface area contributed by atoms with Gasteiger partial charge in [0.2, 0.25) is 8.32 Å². The highest BCUT2D eigenvalue weighted by Crippen LogP contribution is 2.26. The molecule has 6 heteroatoms. The number of carbonyl (C=O) groups is 1. The summed E-state index contributed by atoms with van der Waals surface area (Å²) in [4.78, 5) is 13.1. The minimum Gasteiger partial charge on any atom is -0.519 e. The van der Waals surface area contributed by atoms with Crippen molar-refractivity contribution in [2.75, 3.05) is 0 Å². The van der Waals surface area contributed by atoms with Gasteiger partial charge in [-0.05, 0) is 31.6 Å². The van der Waals surface area contributed by atoms with Crippen molar-refractivity contribution in [2.45, 2.75) is 71.4 Å². The van der Waals surface area contributed by atoms with Crippen LogP contribution in [0.5, 0.6) is 0 Å². The van der Waals surface area contributed by atoms with Crippen LogP contribution in [-0.4, -0.2) is 41.0 Å². The first-order valence-electron chi connectivity index (χ1n) is 8.78. The molecule has 0 spiro atoms. The lowest BCUT2D eigenvalue weighted by atomic mass is 10.1. The summed E-state index contributed by atoms with van der Waals surface area (Å²) >= 11 is 0. The molecular weight excluding hydrogens is 346 g/mol. The molecule has 1 aromatic carbocycles. The van der Waals surface area contributed by atoms with Crippen LogP contribution in [0, 0.1) is 0 Å².